The van der Waals surface area contributed by atoms with Crippen molar-refractivity contribution in [3.63, 3.8) is 0 Å². The number of anilines is 1. The van der Waals surface area contributed by atoms with Gasteiger partial charge in [-0.2, -0.15) is 0 Å². The summed E-state index contributed by atoms with van der Waals surface area (Å²) in [4.78, 5) is 28.2. The van der Waals surface area contributed by atoms with Gasteiger partial charge in [0, 0.05) is 38.8 Å². The third-order valence-corrected chi connectivity index (χ3v) is 5.71. The van der Waals surface area contributed by atoms with Gasteiger partial charge in [-0.1, -0.05) is 24.6 Å². The second-order valence-corrected chi connectivity index (χ2v) is 7.84. The molecule has 0 radical (unpaired) electrons. The lowest BCUT2D eigenvalue weighted by molar-refractivity contribution is -0.153. The number of nitrogens with zero attached hydrogens (tertiary/aromatic N) is 2. The number of likely N-dealkylation sites (tertiary alicyclic amines) is 1. The number of carbonyl (C=O) groups excluding carboxylic acids is 2. The SMILES string of the molecule is Cc1ccc(NC(=O)N2CCC3(CCC(C(=O)N(C)C)O3)C(C)C2)cc1. The summed E-state index contributed by atoms with van der Waals surface area (Å²) in [7, 11) is 3.52. The van der Waals surface area contributed by atoms with Gasteiger partial charge >= 0.3 is 6.03 Å². The van der Waals surface area contributed by atoms with Crippen LogP contribution in [0.2, 0.25) is 0 Å². The van der Waals surface area contributed by atoms with Gasteiger partial charge in [-0.25, -0.2) is 4.79 Å². The second kappa shape index (κ2) is 7.27. The standard InChI is InChI=1S/C20H29N3O3/c1-14-5-7-16(8-6-14)21-19(25)23-12-11-20(15(2)13-23)10-9-17(26-20)18(24)22(3)4/h5-8,15,17H,9-13H2,1-4H3,(H,21,25). The molecule has 2 aliphatic rings. The number of aryl methyl sites for hydroxylation is 1. The van der Waals surface area contributed by atoms with Gasteiger partial charge in [-0.3, -0.25) is 4.79 Å². The van der Waals surface area contributed by atoms with Crippen LogP contribution in [0.15, 0.2) is 24.3 Å². The molecule has 3 rings (SSSR count). The van der Waals surface area contributed by atoms with E-state index in [1.54, 1.807) is 19.0 Å². The van der Waals surface area contributed by atoms with Crippen LogP contribution in [-0.2, 0) is 9.53 Å². The highest BCUT2D eigenvalue weighted by molar-refractivity contribution is 5.89. The fourth-order valence-corrected chi connectivity index (χ4v) is 3.97. The molecular formula is C20H29N3O3. The molecule has 3 unspecified atom stereocenters. The Hall–Kier alpha value is -2.08. The molecule has 1 spiro atoms. The van der Waals surface area contributed by atoms with Crippen LogP contribution in [0.25, 0.3) is 0 Å². The molecule has 0 saturated carbocycles. The van der Waals surface area contributed by atoms with E-state index in [-0.39, 0.29) is 29.6 Å². The van der Waals surface area contributed by atoms with Crippen molar-refractivity contribution in [3.8, 4) is 0 Å². The zero-order valence-corrected chi connectivity index (χ0v) is 16.1. The number of nitrogens with one attached hydrogen (secondary N) is 1. The van der Waals surface area contributed by atoms with Crippen LogP contribution in [0, 0.1) is 12.8 Å². The highest BCUT2D eigenvalue weighted by atomic mass is 16.5. The zero-order valence-electron chi connectivity index (χ0n) is 16.1. The Morgan fingerprint density at radius 2 is 1.92 bits per heavy atom. The van der Waals surface area contributed by atoms with E-state index in [1.807, 2.05) is 36.1 Å². The number of carbonyl (C=O) groups is 2. The number of urea groups is 1. The fourth-order valence-electron chi connectivity index (χ4n) is 3.97. The van der Waals surface area contributed by atoms with E-state index >= 15 is 0 Å². The van der Waals surface area contributed by atoms with Gasteiger partial charge in [-0.05, 0) is 38.3 Å². The average Bonchev–Trinajstić information content (AvgIpc) is 3.04. The van der Waals surface area contributed by atoms with E-state index in [4.69, 9.17) is 4.74 Å². The van der Waals surface area contributed by atoms with E-state index in [0.717, 1.165) is 30.5 Å². The van der Waals surface area contributed by atoms with Gasteiger partial charge in [0.05, 0.1) is 5.60 Å². The van der Waals surface area contributed by atoms with Crippen LogP contribution in [0.5, 0.6) is 0 Å². The van der Waals surface area contributed by atoms with Gasteiger partial charge < -0.3 is 19.9 Å². The molecule has 6 nitrogen and oxygen atoms in total. The van der Waals surface area contributed by atoms with E-state index in [2.05, 4.69) is 12.2 Å². The molecule has 3 atom stereocenters. The summed E-state index contributed by atoms with van der Waals surface area (Å²) in [6, 6.07) is 7.73. The summed E-state index contributed by atoms with van der Waals surface area (Å²) in [5.41, 5.74) is 1.69. The largest absolute Gasteiger partial charge is 0.362 e. The van der Waals surface area contributed by atoms with Gasteiger partial charge in [0.25, 0.3) is 5.91 Å². The van der Waals surface area contributed by atoms with Crippen LogP contribution < -0.4 is 5.32 Å². The lowest BCUT2D eigenvalue weighted by Crippen LogP contribution is -2.53. The first-order valence-electron chi connectivity index (χ1n) is 9.32. The predicted octanol–water partition coefficient (Wildman–Crippen LogP) is 2.87. The molecular weight excluding hydrogens is 330 g/mol. The average molecular weight is 359 g/mol. The summed E-state index contributed by atoms with van der Waals surface area (Å²) >= 11 is 0. The van der Waals surface area contributed by atoms with Crippen LogP contribution in [-0.4, -0.2) is 60.6 Å². The van der Waals surface area contributed by atoms with Gasteiger partial charge in [0.15, 0.2) is 0 Å². The third-order valence-electron chi connectivity index (χ3n) is 5.71. The minimum atomic E-state index is -0.347. The Kier molecular flexibility index (Phi) is 5.23. The first-order chi connectivity index (χ1) is 12.3. The number of rotatable bonds is 2. The Labute approximate surface area is 155 Å². The third kappa shape index (κ3) is 3.70. The van der Waals surface area contributed by atoms with Gasteiger partial charge in [0.1, 0.15) is 6.10 Å². The van der Waals surface area contributed by atoms with Crippen molar-refractivity contribution in [1.82, 2.24) is 9.80 Å². The summed E-state index contributed by atoms with van der Waals surface area (Å²) < 4.78 is 6.24. The molecule has 26 heavy (non-hydrogen) atoms. The number of ether oxygens (including phenoxy) is 1. The normalized spacial score (nSPS) is 28.2. The van der Waals surface area contributed by atoms with Crippen LogP contribution in [0.1, 0.15) is 31.7 Å². The molecule has 6 heteroatoms. The second-order valence-electron chi connectivity index (χ2n) is 7.84. The Morgan fingerprint density at radius 3 is 2.54 bits per heavy atom. The molecule has 2 aliphatic heterocycles. The van der Waals surface area contributed by atoms with E-state index in [1.165, 1.54) is 0 Å². The maximum absolute atomic E-state index is 12.6. The molecule has 0 aromatic heterocycles. The number of likely N-dealkylation sites (N-methyl/N-ethyl adjacent to an activating group) is 1. The quantitative estimate of drug-likeness (QED) is 0.883. The molecule has 2 heterocycles. The van der Waals surface area contributed by atoms with Crippen molar-refractivity contribution in [3.05, 3.63) is 29.8 Å². The molecule has 2 saturated heterocycles. The van der Waals surface area contributed by atoms with Crippen LogP contribution >= 0.6 is 0 Å². The molecule has 1 aromatic rings. The molecule has 3 amide bonds. The topological polar surface area (TPSA) is 61.9 Å². The van der Waals surface area contributed by atoms with Crippen LogP contribution in [0.3, 0.4) is 0 Å². The van der Waals surface area contributed by atoms with Gasteiger partial charge in [-0.15, -0.1) is 0 Å². The van der Waals surface area contributed by atoms with E-state index in [9.17, 15) is 9.59 Å². The Morgan fingerprint density at radius 1 is 1.23 bits per heavy atom. The number of piperidine rings is 1. The van der Waals surface area contributed by atoms with Crippen molar-refractivity contribution < 1.29 is 14.3 Å². The highest BCUT2D eigenvalue weighted by Gasteiger charge is 2.49. The molecule has 0 bridgehead atoms. The minimum absolute atomic E-state index is 0.0358. The lowest BCUT2D eigenvalue weighted by Gasteiger charge is -2.44. The summed E-state index contributed by atoms with van der Waals surface area (Å²) in [5.74, 6) is 0.230. The predicted molar refractivity (Wildman–Crippen MR) is 101 cm³/mol. The van der Waals surface area contributed by atoms with Crippen molar-refractivity contribution in [2.45, 2.75) is 44.8 Å². The lowest BCUT2D eigenvalue weighted by atomic mass is 9.80. The van der Waals surface area contributed by atoms with Crippen molar-refractivity contribution >= 4 is 17.6 Å². The molecule has 2 fully saturated rings. The van der Waals surface area contributed by atoms with E-state index in [0.29, 0.717) is 13.1 Å². The molecule has 1 aromatic carbocycles. The highest BCUT2D eigenvalue weighted by Crippen LogP contribution is 2.42. The molecule has 1 N–H and O–H groups in total. The minimum Gasteiger partial charge on any atom is -0.362 e. The summed E-state index contributed by atoms with van der Waals surface area (Å²) in [5, 5.41) is 2.97. The Bertz CT molecular complexity index is 673. The summed E-state index contributed by atoms with van der Waals surface area (Å²) in [6.07, 6.45) is 2.07. The number of amides is 3. The monoisotopic (exact) mass is 359 g/mol. The first kappa shape index (κ1) is 18.7. The Balaban J connectivity index is 1.59. The van der Waals surface area contributed by atoms with Crippen molar-refractivity contribution in [1.29, 1.82) is 0 Å². The summed E-state index contributed by atoms with van der Waals surface area (Å²) in [6.45, 7) is 5.42. The smallest absolute Gasteiger partial charge is 0.321 e. The van der Waals surface area contributed by atoms with Crippen molar-refractivity contribution in [2.75, 3.05) is 32.5 Å². The molecule has 142 valence electrons. The molecule has 0 aliphatic carbocycles. The maximum Gasteiger partial charge on any atom is 0.321 e. The zero-order chi connectivity index (χ0) is 18.9. The fraction of sp³-hybridized carbons (Fsp3) is 0.600. The van der Waals surface area contributed by atoms with Crippen molar-refractivity contribution in [2.24, 2.45) is 5.92 Å². The maximum atomic E-state index is 12.6. The van der Waals surface area contributed by atoms with Gasteiger partial charge in [0.2, 0.25) is 0 Å². The number of hydrogen-bond acceptors (Lipinski definition) is 3. The van der Waals surface area contributed by atoms with Crippen LogP contribution in [0.4, 0.5) is 10.5 Å². The number of hydrogen-bond donors (Lipinski definition) is 1. The first-order valence-corrected chi connectivity index (χ1v) is 9.32. The van der Waals surface area contributed by atoms with E-state index < -0.39 is 0 Å². The number of benzene rings is 1.